The predicted molar refractivity (Wildman–Crippen MR) is 102 cm³/mol. The molecule has 0 bridgehead atoms. The highest BCUT2D eigenvalue weighted by atomic mass is 32.2. The number of nitriles is 1. The molecule has 3 N–H and O–H groups in total. The summed E-state index contributed by atoms with van der Waals surface area (Å²) in [5.74, 6) is 0.164. The first-order chi connectivity index (χ1) is 12.6. The molecule has 1 aromatic heterocycles. The second-order valence-electron chi connectivity index (χ2n) is 5.71. The third-order valence-corrected chi connectivity index (χ3v) is 4.78. The molecule has 0 aliphatic rings. The minimum Gasteiger partial charge on any atom is -0.382 e. The lowest BCUT2D eigenvalue weighted by molar-refractivity contribution is -0.119. The van der Waals surface area contributed by atoms with Crippen molar-refractivity contribution in [1.82, 2.24) is 15.3 Å². The molecule has 2 aromatic carbocycles. The van der Waals surface area contributed by atoms with Gasteiger partial charge in [0.15, 0.2) is 5.16 Å². The molecular formula is C19H17N5OS. The maximum Gasteiger partial charge on any atom is 0.230 e. The highest BCUT2D eigenvalue weighted by Crippen LogP contribution is 2.24. The van der Waals surface area contributed by atoms with Crippen molar-refractivity contribution in [1.29, 1.82) is 5.26 Å². The predicted octanol–water partition coefficient (Wildman–Crippen LogP) is 3.05. The fraction of sp³-hybridized carbons (Fsp3) is 0.158. The van der Waals surface area contributed by atoms with Gasteiger partial charge in [-0.25, -0.2) is 9.97 Å². The van der Waals surface area contributed by atoms with Gasteiger partial charge in [0.1, 0.15) is 17.5 Å². The van der Waals surface area contributed by atoms with Crippen molar-refractivity contribution in [2.24, 2.45) is 0 Å². The van der Waals surface area contributed by atoms with Crippen LogP contribution in [0.25, 0.3) is 10.8 Å². The fourth-order valence-electron chi connectivity index (χ4n) is 2.65. The summed E-state index contributed by atoms with van der Waals surface area (Å²) in [6, 6.07) is 15.9. The van der Waals surface area contributed by atoms with Crippen LogP contribution in [0.4, 0.5) is 5.82 Å². The van der Waals surface area contributed by atoms with Crippen molar-refractivity contribution in [2.45, 2.75) is 18.1 Å². The Bertz CT molecular complexity index is 993. The summed E-state index contributed by atoms with van der Waals surface area (Å²) in [5, 5.41) is 14.5. The highest BCUT2D eigenvalue weighted by Gasteiger charge is 2.13. The molecule has 7 heteroatoms. The van der Waals surface area contributed by atoms with Gasteiger partial charge >= 0.3 is 0 Å². The number of nitrogens with one attached hydrogen (secondary N) is 1. The van der Waals surface area contributed by atoms with Gasteiger partial charge in [0.25, 0.3) is 0 Å². The number of hydrogen-bond donors (Lipinski definition) is 2. The number of carbonyl (C=O) groups excluding carboxylic acids is 1. The van der Waals surface area contributed by atoms with Gasteiger partial charge in [0.05, 0.1) is 18.0 Å². The van der Waals surface area contributed by atoms with Crippen LogP contribution in [0.3, 0.4) is 0 Å². The van der Waals surface area contributed by atoms with Gasteiger partial charge < -0.3 is 11.1 Å². The van der Waals surface area contributed by atoms with E-state index < -0.39 is 0 Å². The van der Waals surface area contributed by atoms with Crippen LogP contribution in [0.2, 0.25) is 0 Å². The Morgan fingerprint density at radius 1 is 1.31 bits per heavy atom. The van der Waals surface area contributed by atoms with E-state index in [1.807, 2.05) is 37.3 Å². The maximum absolute atomic E-state index is 12.3. The van der Waals surface area contributed by atoms with Gasteiger partial charge in [-0.05, 0) is 23.3 Å². The third-order valence-electron chi connectivity index (χ3n) is 3.92. The molecule has 0 saturated heterocycles. The second-order valence-corrected chi connectivity index (χ2v) is 6.65. The summed E-state index contributed by atoms with van der Waals surface area (Å²) in [6.45, 7) is 1.96. The summed E-state index contributed by atoms with van der Waals surface area (Å²) in [6.07, 6.45) is 1.36. The Morgan fingerprint density at radius 2 is 2.08 bits per heavy atom. The molecule has 26 heavy (non-hydrogen) atoms. The van der Waals surface area contributed by atoms with Crippen molar-refractivity contribution >= 4 is 34.3 Å². The minimum absolute atomic E-state index is 0.120. The van der Waals surface area contributed by atoms with Crippen LogP contribution in [0, 0.1) is 11.3 Å². The zero-order valence-corrected chi connectivity index (χ0v) is 15.0. The van der Waals surface area contributed by atoms with Crippen LogP contribution in [0.5, 0.6) is 0 Å². The summed E-state index contributed by atoms with van der Waals surface area (Å²) in [5.41, 5.74) is 6.96. The number of amides is 1. The van der Waals surface area contributed by atoms with Crippen LogP contribution in [-0.2, 0) is 4.79 Å². The summed E-state index contributed by atoms with van der Waals surface area (Å²) < 4.78 is 0. The van der Waals surface area contributed by atoms with Crippen molar-refractivity contribution in [3.8, 4) is 6.07 Å². The molecule has 1 heterocycles. The number of nitrogen functional groups attached to an aromatic ring is 1. The Hall–Kier alpha value is -3.11. The fourth-order valence-corrected chi connectivity index (χ4v) is 3.29. The van der Waals surface area contributed by atoms with E-state index in [4.69, 9.17) is 11.0 Å². The topological polar surface area (TPSA) is 105 Å². The normalized spacial score (nSPS) is 11.7. The van der Waals surface area contributed by atoms with E-state index in [0.29, 0.717) is 5.16 Å². The number of fused-ring (bicyclic) bond motifs is 1. The molecule has 0 aliphatic heterocycles. The number of carbonyl (C=O) groups is 1. The van der Waals surface area contributed by atoms with Crippen LogP contribution in [0.15, 0.2) is 53.8 Å². The minimum atomic E-state index is -0.124. The van der Waals surface area contributed by atoms with E-state index in [9.17, 15) is 4.79 Å². The molecule has 0 unspecified atom stereocenters. The van der Waals surface area contributed by atoms with Crippen LogP contribution in [0.1, 0.15) is 24.1 Å². The smallest absolute Gasteiger partial charge is 0.230 e. The summed E-state index contributed by atoms with van der Waals surface area (Å²) in [7, 11) is 0. The van der Waals surface area contributed by atoms with Gasteiger partial charge in [-0.1, -0.05) is 54.2 Å². The average Bonchev–Trinajstić information content (AvgIpc) is 2.66. The first-order valence-electron chi connectivity index (χ1n) is 8.01. The quantitative estimate of drug-likeness (QED) is 0.533. The molecular weight excluding hydrogens is 346 g/mol. The largest absolute Gasteiger partial charge is 0.382 e. The average molecular weight is 363 g/mol. The second kappa shape index (κ2) is 7.85. The molecule has 0 spiro atoms. The Labute approximate surface area is 155 Å². The molecule has 3 rings (SSSR count). The molecule has 130 valence electrons. The number of rotatable bonds is 5. The summed E-state index contributed by atoms with van der Waals surface area (Å²) >= 11 is 1.18. The van der Waals surface area contributed by atoms with Gasteiger partial charge in [-0.3, -0.25) is 4.79 Å². The van der Waals surface area contributed by atoms with E-state index >= 15 is 0 Å². The third kappa shape index (κ3) is 3.92. The van der Waals surface area contributed by atoms with E-state index in [1.54, 1.807) is 0 Å². The first kappa shape index (κ1) is 17.7. The number of thioether (sulfide) groups is 1. The lowest BCUT2D eigenvalue weighted by Gasteiger charge is -2.16. The van der Waals surface area contributed by atoms with Gasteiger partial charge in [0.2, 0.25) is 5.91 Å². The monoisotopic (exact) mass is 363 g/mol. The highest BCUT2D eigenvalue weighted by molar-refractivity contribution is 7.99. The lowest BCUT2D eigenvalue weighted by Crippen LogP contribution is -2.28. The van der Waals surface area contributed by atoms with E-state index in [2.05, 4.69) is 33.5 Å². The molecule has 3 aromatic rings. The van der Waals surface area contributed by atoms with Crippen molar-refractivity contribution < 1.29 is 4.79 Å². The van der Waals surface area contributed by atoms with E-state index in [1.165, 1.54) is 18.0 Å². The van der Waals surface area contributed by atoms with Crippen LogP contribution >= 0.6 is 11.8 Å². The van der Waals surface area contributed by atoms with Gasteiger partial charge in [0, 0.05) is 0 Å². The number of nitrogens with two attached hydrogens (primary N) is 1. The van der Waals surface area contributed by atoms with Crippen molar-refractivity contribution in [3.05, 3.63) is 59.8 Å². The maximum atomic E-state index is 12.3. The Morgan fingerprint density at radius 3 is 2.85 bits per heavy atom. The zero-order valence-electron chi connectivity index (χ0n) is 14.1. The standard InChI is InChI=1S/C19H17N5OS/c1-12(15-8-4-6-13-5-2-3-7-16(13)15)23-17(25)11-26-19-22-10-14(9-20)18(21)24-19/h2-8,10,12H,11H2,1H3,(H,23,25)(H2,21,22,24)/t12-/m0/s1. The number of benzene rings is 2. The molecule has 0 aliphatic carbocycles. The summed E-state index contributed by atoms with van der Waals surface area (Å²) in [4.78, 5) is 20.3. The molecule has 6 nitrogen and oxygen atoms in total. The lowest BCUT2D eigenvalue weighted by atomic mass is 10.00. The number of nitrogens with zero attached hydrogens (tertiary/aromatic N) is 3. The molecule has 0 radical (unpaired) electrons. The van der Waals surface area contributed by atoms with E-state index in [0.717, 1.165) is 16.3 Å². The van der Waals surface area contributed by atoms with Gasteiger partial charge in [-0.15, -0.1) is 0 Å². The first-order valence-corrected chi connectivity index (χ1v) is 8.99. The number of anilines is 1. The Balaban J connectivity index is 1.64. The number of aromatic nitrogens is 2. The van der Waals surface area contributed by atoms with Crippen molar-refractivity contribution in [2.75, 3.05) is 11.5 Å². The molecule has 0 saturated carbocycles. The van der Waals surface area contributed by atoms with Gasteiger partial charge in [-0.2, -0.15) is 5.26 Å². The van der Waals surface area contributed by atoms with E-state index in [-0.39, 0.29) is 29.1 Å². The molecule has 1 atom stereocenters. The number of hydrogen-bond acceptors (Lipinski definition) is 6. The SMILES string of the molecule is C[C@H](NC(=O)CSc1ncc(C#N)c(N)n1)c1cccc2ccccc12. The molecule has 0 fully saturated rings. The molecule has 1 amide bonds. The van der Waals surface area contributed by atoms with Crippen LogP contribution < -0.4 is 11.1 Å². The van der Waals surface area contributed by atoms with Crippen LogP contribution in [-0.4, -0.2) is 21.6 Å². The van der Waals surface area contributed by atoms with Crippen molar-refractivity contribution in [3.63, 3.8) is 0 Å². The zero-order chi connectivity index (χ0) is 18.5. The Kier molecular flexibility index (Phi) is 5.34.